The SMILES string of the molecule is NC1CCC(N2C3CCC2CC(O)C3)C1. The lowest BCUT2D eigenvalue weighted by molar-refractivity contribution is 0.0116. The normalized spacial score (nSPS) is 51.2. The van der Waals surface area contributed by atoms with Crippen molar-refractivity contribution in [1.82, 2.24) is 4.90 Å². The molecular weight excluding hydrogens is 188 g/mol. The van der Waals surface area contributed by atoms with Gasteiger partial charge in [0.25, 0.3) is 0 Å². The van der Waals surface area contributed by atoms with Crippen molar-refractivity contribution >= 4 is 0 Å². The summed E-state index contributed by atoms with van der Waals surface area (Å²) in [6.45, 7) is 0. The molecule has 0 amide bonds. The number of piperidine rings is 1. The molecule has 1 aliphatic carbocycles. The molecule has 2 aliphatic heterocycles. The first-order valence-corrected chi connectivity index (χ1v) is 6.45. The first kappa shape index (κ1) is 10.1. The summed E-state index contributed by atoms with van der Waals surface area (Å²) < 4.78 is 0. The van der Waals surface area contributed by atoms with Gasteiger partial charge >= 0.3 is 0 Å². The van der Waals surface area contributed by atoms with E-state index in [1.807, 2.05) is 0 Å². The van der Waals surface area contributed by atoms with E-state index in [0.717, 1.165) is 18.9 Å². The lowest BCUT2D eigenvalue weighted by atomic mass is 9.97. The third-order valence-corrected chi connectivity index (χ3v) is 4.63. The Morgan fingerprint density at radius 2 is 1.40 bits per heavy atom. The van der Waals surface area contributed by atoms with Crippen molar-refractivity contribution in [2.24, 2.45) is 5.73 Å². The van der Waals surface area contributed by atoms with Gasteiger partial charge in [-0.05, 0) is 44.9 Å². The smallest absolute Gasteiger partial charge is 0.0570 e. The summed E-state index contributed by atoms with van der Waals surface area (Å²) >= 11 is 0. The number of rotatable bonds is 1. The number of aliphatic hydroxyl groups is 1. The van der Waals surface area contributed by atoms with Crippen LogP contribution in [0.5, 0.6) is 0 Å². The van der Waals surface area contributed by atoms with Gasteiger partial charge in [0.1, 0.15) is 0 Å². The average Bonchev–Trinajstić information content (AvgIpc) is 2.69. The van der Waals surface area contributed by atoms with Crippen molar-refractivity contribution in [3.05, 3.63) is 0 Å². The van der Waals surface area contributed by atoms with Gasteiger partial charge in [0.2, 0.25) is 0 Å². The first-order chi connectivity index (χ1) is 7.24. The van der Waals surface area contributed by atoms with Crippen molar-refractivity contribution in [1.29, 1.82) is 0 Å². The number of aliphatic hydroxyl groups excluding tert-OH is 1. The van der Waals surface area contributed by atoms with E-state index in [4.69, 9.17) is 5.73 Å². The molecule has 2 heterocycles. The summed E-state index contributed by atoms with van der Waals surface area (Å²) in [5.74, 6) is 0. The van der Waals surface area contributed by atoms with E-state index in [-0.39, 0.29) is 6.10 Å². The molecule has 86 valence electrons. The Morgan fingerprint density at radius 1 is 0.867 bits per heavy atom. The van der Waals surface area contributed by atoms with Crippen LogP contribution in [0.25, 0.3) is 0 Å². The van der Waals surface area contributed by atoms with Crippen LogP contribution in [0.3, 0.4) is 0 Å². The minimum absolute atomic E-state index is 0.0335. The maximum absolute atomic E-state index is 9.75. The van der Waals surface area contributed by atoms with Gasteiger partial charge in [0.05, 0.1) is 6.10 Å². The van der Waals surface area contributed by atoms with Crippen LogP contribution in [0, 0.1) is 0 Å². The van der Waals surface area contributed by atoms with Crippen LogP contribution in [-0.2, 0) is 0 Å². The second-order valence-corrected chi connectivity index (χ2v) is 5.68. The van der Waals surface area contributed by atoms with Gasteiger partial charge in [0.15, 0.2) is 0 Å². The number of nitrogens with two attached hydrogens (primary N) is 1. The molecule has 1 saturated carbocycles. The Kier molecular flexibility index (Phi) is 2.49. The van der Waals surface area contributed by atoms with Gasteiger partial charge < -0.3 is 10.8 Å². The van der Waals surface area contributed by atoms with Gasteiger partial charge in [-0.15, -0.1) is 0 Å². The van der Waals surface area contributed by atoms with Crippen LogP contribution in [0.2, 0.25) is 0 Å². The van der Waals surface area contributed by atoms with Crippen molar-refractivity contribution in [3.63, 3.8) is 0 Å². The molecule has 15 heavy (non-hydrogen) atoms. The number of hydrogen-bond acceptors (Lipinski definition) is 3. The van der Waals surface area contributed by atoms with Gasteiger partial charge in [-0.3, -0.25) is 4.90 Å². The second kappa shape index (κ2) is 3.72. The van der Waals surface area contributed by atoms with Gasteiger partial charge in [0, 0.05) is 24.2 Å². The molecule has 3 fully saturated rings. The Morgan fingerprint density at radius 3 is 1.93 bits per heavy atom. The van der Waals surface area contributed by atoms with Crippen LogP contribution in [0.4, 0.5) is 0 Å². The van der Waals surface area contributed by atoms with Gasteiger partial charge in [-0.1, -0.05) is 0 Å². The Labute approximate surface area is 91.6 Å². The highest BCUT2D eigenvalue weighted by atomic mass is 16.3. The Balaban J connectivity index is 1.72. The third-order valence-electron chi connectivity index (χ3n) is 4.63. The fourth-order valence-electron chi connectivity index (χ4n) is 4.04. The maximum atomic E-state index is 9.75. The molecule has 0 spiro atoms. The van der Waals surface area contributed by atoms with Gasteiger partial charge in [-0.2, -0.15) is 0 Å². The monoisotopic (exact) mass is 210 g/mol. The molecule has 2 saturated heterocycles. The molecule has 0 radical (unpaired) electrons. The number of nitrogens with zero attached hydrogens (tertiary/aromatic N) is 1. The number of hydrogen-bond donors (Lipinski definition) is 2. The highest BCUT2D eigenvalue weighted by Crippen LogP contribution is 2.40. The molecule has 4 unspecified atom stereocenters. The van der Waals surface area contributed by atoms with Crippen molar-refractivity contribution in [3.8, 4) is 0 Å². The molecule has 3 nitrogen and oxygen atoms in total. The fourth-order valence-corrected chi connectivity index (χ4v) is 4.04. The number of fused-ring (bicyclic) bond motifs is 2. The van der Waals surface area contributed by atoms with Crippen molar-refractivity contribution < 1.29 is 5.11 Å². The zero-order chi connectivity index (χ0) is 10.4. The van der Waals surface area contributed by atoms with E-state index in [2.05, 4.69) is 4.90 Å². The van der Waals surface area contributed by atoms with E-state index in [9.17, 15) is 5.11 Å². The van der Waals surface area contributed by atoms with Crippen molar-refractivity contribution in [2.75, 3.05) is 0 Å². The molecule has 4 atom stereocenters. The van der Waals surface area contributed by atoms with E-state index < -0.39 is 0 Å². The molecule has 0 aromatic rings. The zero-order valence-electron chi connectivity index (χ0n) is 9.31. The predicted molar refractivity (Wildman–Crippen MR) is 59.5 cm³/mol. The highest BCUT2D eigenvalue weighted by Gasteiger charge is 2.44. The van der Waals surface area contributed by atoms with Crippen LogP contribution in [0.1, 0.15) is 44.9 Å². The maximum Gasteiger partial charge on any atom is 0.0570 e. The molecule has 3 rings (SSSR count). The predicted octanol–water partition coefficient (Wildman–Crippen LogP) is 0.854. The molecule has 3 N–H and O–H groups in total. The Hall–Kier alpha value is -0.120. The average molecular weight is 210 g/mol. The largest absolute Gasteiger partial charge is 0.393 e. The first-order valence-electron chi connectivity index (χ1n) is 6.45. The van der Waals surface area contributed by atoms with Gasteiger partial charge in [-0.25, -0.2) is 0 Å². The summed E-state index contributed by atoms with van der Waals surface area (Å²) in [5.41, 5.74) is 5.99. The van der Waals surface area contributed by atoms with E-state index in [1.165, 1.54) is 32.1 Å². The topological polar surface area (TPSA) is 49.5 Å². The standard InChI is InChI=1S/C12H22N2O/c13-8-1-2-9(5-8)14-10-3-4-11(14)7-12(15)6-10/h8-12,15H,1-7,13H2. The molecular formula is C12H22N2O. The third kappa shape index (κ3) is 1.71. The summed E-state index contributed by atoms with van der Waals surface area (Å²) in [4.78, 5) is 2.71. The summed E-state index contributed by atoms with van der Waals surface area (Å²) in [5, 5.41) is 9.75. The minimum atomic E-state index is -0.0335. The Bertz CT molecular complexity index is 232. The minimum Gasteiger partial charge on any atom is -0.393 e. The van der Waals surface area contributed by atoms with Crippen molar-refractivity contribution in [2.45, 2.75) is 75.2 Å². The van der Waals surface area contributed by atoms with Crippen LogP contribution in [-0.4, -0.2) is 40.3 Å². The summed E-state index contributed by atoms with van der Waals surface area (Å²) in [6.07, 6.45) is 8.23. The summed E-state index contributed by atoms with van der Waals surface area (Å²) in [6, 6.07) is 2.48. The molecule has 3 heteroatoms. The molecule has 3 aliphatic rings. The van der Waals surface area contributed by atoms with Crippen LogP contribution in [0.15, 0.2) is 0 Å². The lowest BCUT2D eigenvalue weighted by Gasteiger charge is -2.41. The molecule has 0 aromatic carbocycles. The van der Waals surface area contributed by atoms with Crippen LogP contribution < -0.4 is 5.73 Å². The molecule has 2 bridgehead atoms. The molecule has 0 aromatic heterocycles. The van der Waals surface area contributed by atoms with E-state index in [0.29, 0.717) is 18.1 Å². The zero-order valence-corrected chi connectivity index (χ0v) is 9.31. The quantitative estimate of drug-likeness (QED) is 0.674. The van der Waals surface area contributed by atoms with E-state index in [1.54, 1.807) is 0 Å². The van der Waals surface area contributed by atoms with E-state index >= 15 is 0 Å². The fraction of sp³-hybridized carbons (Fsp3) is 1.00. The van der Waals surface area contributed by atoms with Crippen LogP contribution >= 0.6 is 0 Å². The second-order valence-electron chi connectivity index (χ2n) is 5.68. The summed E-state index contributed by atoms with van der Waals surface area (Å²) in [7, 11) is 0. The lowest BCUT2D eigenvalue weighted by Crippen LogP contribution is -2.49. The highest BCUT2D eigenvalue weighted by molar-refractivity contribution is 5.00.